The molecule has 1 saturated heterocycles. The van der Waals surface area contributed by atoms with Crippen LogP contribution in [0.15, 0.2) is 0 Å². The predicted octanol–water partition coefficient (Wildman–Crippen LogP) is 6.47. The summed E-state index contributed by atoms with van der Waals surface area (Å²) in [6.45, 7) is 7.08. The SMILES string of the molecule is C1CC[Si]OC1.CCCCCCCCCCCCCC(=O)OC(C)C. The topological polar surface area (TPSA) is 35.5 Å². The lowest BCUT2D eigenvalue weighted by Gasteiger charge is -2.07. The molecular weight excluding hydrogens is 328 g/mol. The van der Waals surface area contributed by atoms with Gasteiger partial charge in [-0.15, -0.1) is 0 Å². The standard InChI is InChI=1S/C17H34O2.C4H8OSi/c1-4-5-6-7-8-9-10-11-12-13-14-15-17(18)19-16(2)3;1-2-4-6-5-3-1/h16H,4-15H2,1-3H3;1-4H2. The summed E-state index contributed by atoms with van der Waals surface area (Å²) in [5, 5.41) is 0. The first kappa shape index (κ1) is 24.6. The van der Waals surface area contributed by atoms with Crippen LogP contribution in [0.25, 0.3) is 0 Å². The molecule has 0 N–H and O–H groups in total. The zero-order chi connectivity index (χ0) is 18.6. The minimum atomic E-state index is -0.0362. The van der Waals surface area contributed by atoms with Gasteiger partial charge in [-0.3, -0.25) is 4.79 Å². The number of carbonyl (C=O) groups is 1. The van der Waals surface area contributed by atoms with Crippen molar-refractivity contribution >= 4 is 15.7 Å². The van der Waals surface area contributed by atoms with Gasteiger partial charge in [-0.05, 0) is 32.7 Å². The van der Waals surface area contributed by atoms with E-state index in [9.17, 15) is 4.79 Å². The molecule has 1 rings (SSSR count). The number of rotatable bonds is 13. The fourth-order valence-electron chi connectivity index (χ4n) is 2.77. The number of hydrogen-bond acceptors (Lipinski definition) is 3. The minimum absolute atomic E-state index is 0.0280. The first-order chi connectivity index (χ1) is 12.2. The molecule has 25 heavy (non-hydrogen) atoms. The van der Waals surface area contributed by atoms with Crippen LogP contribution in [0.4, 0.5) is 0 Å². The van der Waals surface area contributed by atoms with E-state index in [2.05, 4.69) is 6.92 Å². The molecule has 3 nitrogen and oxygen atoms in total. The molecule has 1 aliphatic rings. The van der Waals surface area contributed by atoms with Gasteiger partial charge in [0.05, 0.1) is 6.10 Å². The van der Waals surface area contributed by atoms with E-state index in [4.69, 9.17) is 9.16 Å². The zero-order valence-corrected chi connectivity index (χ0v) is 18.1. The Hall–Kier alpha value is -0.353. The summed E-state index contributed by atoms with van der Waals surface area (Å²) in [6.07, 6.45) is 17.8. The van der Waals surface area contributed by atoms with Crippen LogP contribution in [-0.4, -0.2) is 28.4 Å². The van der Waals surface area contributed by atoms with Crippen LogP contribution >= 0.6 is 0 Å². The average molecular weight is 371 g/mol. The average Bonchev–Trinajstić information content (AvgIpc) is 2.61. The Morgan fingerprint density at radius 3 is 1.84 bits per heavy atom. The molecule has 1 aliphatic heterocycles. The van der Waals surface area contributed by atoms with E-state index in [1.54, 1.807) is 0 Å². The molecule has 1 heterocycles. The quantitative estimate of drug-likeness (QED) is 0.212. The number of hydrogen-bond donors (Lipinski definition) is 0. The maximum Gasteiger partial charge on any atom is 0.306 e. The third-order valence-corrected chi connectivity index (χ3v) is 5.19. The van der Waals surface area contributed by atoms with Gasteiger partial charge in [-0.1, -0.05) is 77.6 Å². The molecule has 0 aliphatic carbocycles. The van der Waals surface area contributed by atoms with Gasteiger partial charge in [0.1, 0.15) is 0 Å². The normalized spacial score (nSPS) is 14.1. The minimum Gasteiger partial charge on any atom is -0.463 e. The Balaban J connectivity index is 0.000000796. The summed E-state index contributed by atoms with van der Waals surface area (Å²) in [5.74, 6) is -0.0362. The van der Waals surface area contributed by atoms with Crippen LogP contribution in [-0.2, 0) is 14.0 Å². The molecule has 0 saturated carbocycles. The third kappa shape index (κ3) is 21.6. The van der Waals surface area contributed by atoms with Gasteiger partial charge in [0.25, 0.3) is 0 Å². The highest BCUT2D eigenvalue weighted by molar-refractivity contribution is 6.27. The fraction of sp³-hybridized carbons (Fsp3) is 0.952. The molecule has 0 aromatic carbocycles. The van der Waals surface area contributed by atoms with Gasteiger partial charge in [0.2, 0.25) is 9.76 Å². The molecule has 0 unspecified atom stereocenters. The molecule has 0 amide bonds. The van der Waals surface area contributed by atoms with Crippen molar-refractivity contribution in [3.63, 3.8) is 0 Å². The van der Waals surface area contributed by atoms with E-state index >= 15 is 0 Å². The zero-order valence-electron chi connectivity index (χ0n) is 17.1. The first-order valence-corrected chi connectivity index (χ1v) is 11.8. The molecule has 4 heteroatoms. The number of unbranched alkanes of at least 4 members (excludes halogenated alkanes) is 10. The molecule has 0 spiro atoms. The lowest BCUT2D eigenvalue weighted by molar-refractivity contribution is -0.147. The van der Waals surface area contributed by atoms with Crippen LogP contribution in [0.3, 0.4) is 0 Å². The van der Waals surface area contributed by atoms with Crippen LogP contribution in [0.2, 0.25) is 6.04 Å². The van der Waals surface area contributed by atoms with Gasteiger partial charge in [0.15, 0.2) is 0 Å². The van der Waals surface area contributed by atoms with Gasteiger partial charge < -0.3 is 9.16 Å². The molecule has 0 aromatic rings. The van der Waals surface area contributed by atoms with E-state index in [1.807, 2.05) is 13.8 Å². The Bertz CT molecular complexity index is 267. The second-order valence-corrected chi connectivity index (χ2v) is 8.35. The van der Waals surface area contributed by atoms with Crippen molar-refractivity contribution in [2.45, 2.75) is 123 Å². The van der Waals surface area contributed by atoms with E-state index in [-0.39, 0.29) is 12.1 Å². The van der Waals surface area contributed by atoms with Crippen LogP contribution in [0, 0.1) is 0 Å². The van der Waals surface area contributed by atoms with Crippen LogP contribution < -0.4 is 0 Å². The summed E-state index contributed by atoms with van der Waals surface area (Å²) in [5.41, 5.74) is 0. The second kappa shape index (κ2) is 20.0. The highest BCUT2D eigenvalue weighted by Crippen LogP contribution is 2.12. The van der Waals surface area contributed by atoms with Crippen molar-refractivity contribution < 1.29 is 14.0 Å². The van der Waals surface area contributed by atoms with Gasteiger partial charge in [-0.2, -0.15) is 0 Å². The van der Waals surface area contributed by atoms with E-state index < -0.39 is 0 Å². The lowest BCUT2D eigenvalue weighted by Crippen LogP contribution is -2.10. The third-order valence-electron chi connectivity index (χ3n) is 4.23. The van der Waals surface area contributed by atoms with Crippen molar-refractivity contribution in [3.8, 4) is 0 Å². The monoisotopic (exact) mass is 370 g/mol. The molecule has 0 bridgehead atoms. The molecule has 1 fully saturated rings. The summed E-state index contributed by atoms with van der Waals surface area (Å²) >= 11 is 0. The number of carbonyl (C=O) groups excluding carboxylic acids is 1. The van der Waals surface area contributed by atoms with Gasteiger partial charge >= 0.3 is 5.97 Å². The molecule has 0 atom stereocenters. The Morgan fingerprint density at radius 2 is 1.48 bits per heavy atom. The molecule has 148 valence electrons. The first-order valence-electron chi connectivity index (χ1n) is 10.7. The highest BCUT2D eigenvalue weighted by Gasteiger charge is 2.04. The molecule has 0 aromatic heterocycles. The van der Waals surface area contributed by atoms with Gasteiger partial charge in [0, 0.05) is 13.0 Å². The smallest absolute Gasteiger partial charge is 0.306 e. The van der Waals surface area contributed by atoms with Crippen molar-refractivity contribution in [3.05, 3.63) is 0 Å². The summed E-state index contributed by atoms with van der Waals surface area (Å²) in [4.78, 5) is 11.3. The Kier molecular flexibility index (Phi) is 19.7. The predicted molar refractivity (Wildman–Crippen MR) is 108 cm³/mol. The number of esters is 1. The van der Waals surface area contributed by atoms with E-state index in [0.29, 0.717) is 6.42 Å². The van der Waals surface area contributed by atoms with Crippen molar-refractivity contribution in [1.29, 1.82) is 0 Å². The summed E-state index contributed by atoms with van der Waals surface area (Å²) in [7, 11) is 0.802. The molecular formula is C21H42O3Si. The van der Waals surface area contributed by atoms with E-state index in [1.165, 1.54) is 83.1 Å². The van der Waals surface area contributed by atoms with Crippen LogP contribution in [0.1, 0.15) is 111 Å². The summed E-state index contributed by atoms with van der Waals surface area (Å²) < 4.78 is 10.2. The van der Waals surface area contributed by atoms with Crippen molar-refractivity contribution in [2.75, 3.05) is 6.61 Å². The van der Waals surface area contributed by atoms with E-state index in [0.717, 1.165) is 22.8 Å². The maximum atomic E-state index is 11.3. The number of ether oxygens (including phenoxy) is 1. The lowest BCUT2D eigenvalue weighted by atomic mass is 10.1. The van der Waals surface area contributed by atoms with Crippen LogP contribution in [0.5, 0.6) is 0 Å². The van der Waals surface area contributed by atoms with Crippen molar-refractivity contribution in [2.24, 2.45) is 0 Å². The Morgan fingerprint density at radius 1 is 0.920 bits per heavy atom. The highest BCUT2D eigenvalue weighted by atomic mass is 28.2. The largest absolute Gasteiger partial charge is 0.463 e. The summed E-state index contributed by atoms with van der Waals surface area (Å²) in [6, 6.07) is 1.31. The maximum absolute atomic E-state index is 11.3. The molecule has 2 radical (unpaired) electrons. The fourth-order valence-corrected chi connectivity index (χ4v) is 3.60. The van der Waals surface area contributed by atoms with Crippen molar-refractivity contribution in [1.82, 2.24) is 0 Å². The second-order valence-electron chi connectivity index (χ2n) is 7.27. The van der Waals surface area contributed by atoms with Gasteiger partial charge in [-0.25, -0.2) is 0 Å². The Labute approximate surface area is 159 Å².